The maximum Gasteiger partial charge on any atom is 0.413 e. The van der Waals surface area contributed by atoms with Crippen molar-refractivity contribution in [3.63, 3.8) is 0 Å². The fourth-order valence-electron chi connectivity index (χ4n) is 1.08. The number of hydrogen-bond acceptors (Lipinski definition) is 4. The molecule has 1 aromatic carbocycles. The van der Waals surface area contributed by atoms with Gasteiger partial charge in [-0.3, -0.25) is 0 Å². The fourth-order valence-corrected chi connectivity index (χ4v) is 1.69. The van der Waals surface area contributed by atoms with Crippen LogP contribution < -0.4 is 0 Å². The largest absolute Gasteiger partial charge is 0.413 e. The van der Waals surface area contributed by atoms with Crippen LogP contribution in [0, 0.1) is 29.1 Å². The Kier molecular flexibility index (Phi) is 5.35. The van der Waals surface area contributed by atoms with Crippen LogP contribution in [0.4, 0.5) is 35.1 Å². The van der Waals surface area contributed by atoms with E-state index in [2.05, 4.69) is 8.37 Å². The van der Waals surface area contributed by atoms with E-state index in [9.17, 15) is 43.5 Å². The standard InChI is InChI=1S/C9H4F8O4S/c10-4-3(5(11)7(13)8(14)6(4)12)1-20-22(18,19)21-2-9(15,16)17/h1-2H2. The minimum atomic E-state index is -5.37. The molecule has 13 heteroatoms. The molecule has 0 aliphatic rings. The Hall–Kier alpha value is -1.47. The lowest BCUT2D eigenvalue weighted by Gasteiger charge is -2.10. The summed E-state index contributed by atoms with van der Waals surface area (Å²) >= 11 is 0. The second-order valence-corrected chi connectivity index (χ2v) is 4.88. The maximum atomic E-state index is 13.1. The molecular formula is C9H4F8O4S. The van der Waals surface area contributed by atoms with Crippen LogP contribution in [-0.2, 0) is 25.4 Å². The monoisotopic (exact) mass is 360 g/mol. The highest BCUT2D eigenvalue weighted by Gasteiger charge is 2.32. The van der Waals surface area contributed by atoms with Crippen molar-refractivity contribution < 1.29 is 51.9 Å². The van der Waals surface area contributed by atoms with Crippen LogP contribution in [0.15, 0.2) is 0 Å². The van der Waals surface area contributed by atoms with Gasteiger partial charge in [-0.2, -0.15) is 21.6 Å². The molecule has 0 spiro atoms. The van der Waals surface area contributed by atoms with E-state index in [4.69, 9.17) is 0 Å². The maximum absolute atomic E-state index is 13.1. The van der Waals surface area contributed by atoms with Gasteiger partial charge in [0.05, 0.1) is 12.2 Å². The Morgan fingerprint density at radius 2 is 1.18 bits per heavy atom. The first-order valence-electron chi connectivity index (χ1n) is 4.96. The summed E-state index contributed by atoms with van der Waals surface area (Å²) in [6.07, 6.45) is -5.05. The molecule has 0 amide bonds. The van der Waals surface area contributed by atoms with Crippen LogP contribution in [0.25, 0.3) is 0 Å². The molecule has 0 atom stereocenters. The molecule has 0 bridgehead atoms. The minimum Gasteiger partial charge on any atom is -0.243 e. The van der Waals surface area contributed by atoms with Gasteiger partial charge in [-0.05, 0) is 0 Å². The SMILES string of the molecule is O=S(=O)(OCc1c(F)c(F)c(F)c(F)c1F)OCC(F)(F)F. The molecule has 0 aliphatic carbocycles. The van der Waals surface area contributed by atoms with Gasteiger partial charge < -0.3 is 0 Å². The number of hydrogen-bond donors (Lipinski definition) is 0. The van der Waals surface area contributed by atoms with E-state index in [1.165, 1.54) is 0 Å². The van der Waals surface area contributed by atoms with Crippen molar-refractivity contribution in [1.29, 1.82) is 0 Å². The van der Waals surface area contributed by atoms with Gasteiger partial charge in [-0.25, -0.2) is 30.3 Å². The zero-order valence-corrected chi connectivity index (χ0v) is 10.8. The lowest BCUT2D eigenvalue weighted by molar-refractivity contribution is -0.154. The van der Waals surface area contributed by atoms with Crippen LogP contribution in [0.1, 0.15) is 5.56 Å². The van der Waals surface area contributed by atoms with E-state index in [1.54, 1.807) is 0 Å². The Balaban J connectivity index is 2.94. The molecule has 0 saturated heterocycles. The third-order valence-corrected chi connectivity index (χ3v) is 2.83. The molecule has 0 N–H and O–H groups in total. The van der Waals surface area contributed by atoms with Crippen LogP contribution in [0.2, 0.25) is 0 Å². The molecule has 4 nitrogen and oxygen atoms in total. The second-order valence-electron chi connectivity index (χ2n) is 3.60. The summed E-state index contributed by atoms with van der Waals surface area (Å²) in [6, 6.07) is 0. The number of halogens is 8. The summed E-state index contributed by atoms with van der Waals surface area (Å²) in [5.41, 5.74) is -1.68. The normalized spacial score (nSPS) is 12.7. The van der Waals surface area contributed by atoms with Crippen LogP contribution in [0.5, 0.6) is 0 Å². The van der Waals surface area contributed by atoms with E-state index in [1.807, 2.05) is 0 Å². The van der Waals surface area contributed by atoms with Crippen molar-refractivity contribution >= 4 is 10.4 Å². The minimum absolute atomic E-state index is 1.68. The van der Waals surface area contributed by atoms with Gasteiger partial charge in [-0.15, -0.1) is 0 Å². The summed E-state index contributed by atoms with van der Waals surface area (Å²) in [6.45, 7) is -4.06. The predicted octanol–water partition coefficient (Wildman–Crippen LogP) is 2.72. The molecule has 0 fully saturated rings. The van der Waals surface area contributed by atoms with Gasteiger partial charge in [0.15, 0.2) is 29.9 Å². The molecule has 0 radical (unpaired) electrons. The quantitative estimate of drug-likeness (QED) is 0.460. The lowest BCUT2D eigenvalue weighted by atomic mass is 10.2. The Labute approximate surface area is 117 Å². The van der Waals surface area contributed by atoms with Gasteiger partial charge in [0, 0.05) is 0 Å². The highest BCUT2D eigenvalue weighted by Crippen LogP contribution is 2.24. The van der Waals surface area contributed by atoms with Crippen LogP contribution in [0.3, 0.4) is 0 Å². The van der Waals surface area contributed by atoms with E-state index >= 15 is 0 Å². The van der Waals surface area contributed by atoms with E-state index < -0.39 is 64.4 Å². The smallest absolute Gasteiger partial charge is 0.243 e. The van der Waals surface area contributed by atoms with Crippen molar-refractivity contribution in [2.45, 2.75) is 12.8 Å². The summed E-state index contributed by atoms with van der Waals surface area (Å²) in [5, 5.41) is 0. The predicted molar refractivity (Wildman–Crippen MR) is 51.9 cm³/mol. The topological polar surface area (TPSA) is 52.6 Å². The molecule has 22 heavy (non-hydrogen) atoms. The van der Waals surface area contributed by atoms with Crippen molar-refractivity contribution in [2.24, 2.45) is 0 Å². The highest BCUT2D eigenvalue weighted by molar-refractivity contribution is 7.81. The molecule has 0 unspecified atom stereocenters. The molecule has 126 valence electrons. The van der Waals surface area contributed by atoms with Crippen molar-refractivity contribution in [1.82, 2.24) is 0 Å². The van der Waals surface area contributed by atoms with Gasteiger partial charge in [-0.1, -0.05) is 0 Å². The van der Waals surface area contributed by atoms with Gasteiger partial charge in [0.2, 0.25) is 5.82 Å². The first kappa shape index (κ1) is 18.6. The van der Waals surface area contributed by atoms with Crippen LogP contribution >= 0.6 is 0 Å². The third-order valence-electron chi connectivity index (χ3n) is 2.02. The molecular weight excluding hydrogens is 356 g/mol. The van der Waals surface area contributed by atoms with E-state index in [0.717, 1.165) is 0 Å². The molecule has 0 saturated carbocycles. The van der Waals surface area contributed by atoms with Crippen molar-refractivity contribution in [3.05, 3.63) is 34.6 Å². The van der Waals surface area contributed by atoms with Crippen molar-refractivity contribution in [2.75, 3.05) is 6.61 Å². The second kappa shape index (κ2) is 6.34. The summed E-state index contributed by atoms with van der Waals surface area (Å²) in [4.78, 5) is 0. The molecule has 0 heterocycles. The molecule has 1 aromatic rings. The van der Waals surface area contributed by atoms with Gasteiger partial charge in [0.25, 0.3) is 0 Å². The summed E-state index contributed by atoms with van der Waals surface area (Å²) < 4.78 is 128. The zero-order valence-electron chi connectivity index (χ0n) is 9.98. The molecule has 0 aliphatic heterocycles. The summed E-state index contributed by atoms with van der Waals surface area (Å²) in [5.74, 6) is -12.0. The Bertz CT molecular complexity index is 640. The fraction of sp³-hybridized carbons (Fsp3) is 0.333. The first-order valence-corrected chi connectivity index (χ1v) is 6.30. The zero-order chi connectivity index (χ0) is 17.3. The van der Waals surface area contributed by atoms with Crippen molar-refractivity contribution in [3.8, 4) is 0 Å². The number of benzene rings is 1. The average molecular weight is 360 g/mol. The first-order chi connectivity index (χ1) is 9.86. The average Bonchev–Trinajstić information content (AvgIpc) is 2.40. The van der Waals surface area contributed by atoms with E-state index in [0.29, 0.717) is 0 Å². The highest BCUT2D eigenvalue weighted by atomic mass is 32.3. The molecule has 0 aromatic heterocycles. The van der Waals surface area contributed by atoms with E-state index in [-0.39, 0.29) is 0 Å². The number of rotatable bonds is 5. The summed E-state index contributed by atoms with van der Waals surface area (Å²) in [7, 11) is -5.37. The third kappa shape index (κ3) is 4.51. The van der Waals surface area contributed by atoms with Gasteiger partial charge in [0.1, 0.15) is 0 Å². The van der Waals surface area contributed by atoms with Crippen LogP contribution in [-0.4, -0.2) is 21.2 Å². The Morgan fingerprint density at radius 3 is 1.59 bits per heavy atom. The Morgan fingerprint density at radius 1 is 0.773 bits per heavy atom. The lowest BCUT2D eigenvalue weighted by Crippen LogP contribution is -2.22. The number of alkyl halides is 3. The molecule has 1 rings (SSSR count). The van der Waals surface area contributed by atoms with Gasteiger partial charge >= 0.3 is 16.6 Å².